The zero-order valence-corrected chi connectivity index (χ0v) is 18.7. The standard InChI is InChI=1S/C24H31ClN2O2/c1-17(23(29)26-5)27(16-19-8-6-7-9-21(19)25)22(28)15-12-18-10-13-20(14-11-18)24(2,3)4/h6-11,13-14,17H,12,15-16H2,1-5H3,(H,26,29)/t17-/m0/s1. The molecule has 29 heavy (non-hydrogen) atoms. The van der Waals surface area contributed by atoms with Crippen molar-refractivity contribution in [2.75, 3.05) is 7.05 Å². The second-order valence-electron chi connectivity index (χ2n) is 8.35. The van der Waals surface area contributed by atoms with Gasteiger partial charge in [-0.05, 0) is 41.5 Å². The van der Waals surface area contributed by atoms with Crippen molar-refractivity contribution < 1.29 is 9.59 Å². The van der Waals surface area contributed by atoms with Crippen LogP contribution in [0.5, 0.6) is 0 Å². The average Bonchev–Trinajstić information content (AvgIpc) is 2.70. The van der Waals surface area contributed by atoms with Crippen LogP contribution < -0.4 is 5.32 Å². The fourth-order valence-electron chi connectivity index (χ4n) is 3.17. The lowest BCUT2D eigenvalue weighted by molar-refractivity contribution is -0.140. The van der Waals surface area contributed by atoms with Gasteiger partial charge in [-0.25, -0.2) is 0 Å². The Bertz CT molecular complexity index is 841. The minimum atomic E-state index is -0.577. The van der Waals surface area contributed by atoms with Crippen molar-refractivity contribution in [2.45, 2.75) is 58.5 Å². The van der Waals surface area contributed by atoms with Gasteiger partial charge in [0.25, 0.3) is 0 Å². The van der Waals surface area contributed by atoms with Gasteiger partial charge in [-0.1, -0.05) is 74.8 Å². The Morgan fingerprint density at radius 2 is 1.69 bits per heavy atom. The van der Waals surface area contributed by atoms with Gasteiger partial charge in [0.15, 0.2) is 0 Å². The molecule has 1 N–H and O–H groups in total. The summed E-state index contributed by atoms with van der Waals surface area (Å²) in [6.45, 7) is 8.58. The number of hydrogen-bond donors (Lipinski definition) is 1. The van der Waals surface area contributed by atoms with E-state index in [0.717, 1.165) is 11.1 Å². The van der Waals surface area contributed by atoms with E-state index in [0.29, 0.717) is 24.4 Å². The third kappa shape index (κ3) is 6.33. The van der Waals surface area contributed by atoms with Crippen LogP contribution in [-0.4, -0.2) is 29.8 Å². The molecule has 2 amide bonds. The predicted octanol–water partition coefficient (Wildman–Crippen LogP) is 4.73. The molecule has 4 nitrogen and oxygen atoms in total. The van der Waals surface area contributed by atoms with Crippen LogP contribution in [0.1, 0.15) is 50.8 Å². The largest absolute Gasteiger partial charge is 0.357 e. The maximum absolute atomic E-state index is 13.0. The second kappa shape index (κ2) is 9.93. The molecule has 0 aliphatic heterocycles. The molecule has 0 saturated heterocycles. The van der Waals surface area contributed by atoms with Gasteiger partial charge in [0.05, 0.1) is 0 Å². The summed E-state index contributed by atoms with van der Waals surface area (Å²) in [5, 5.41) is 3.22. The van der Waals surface area contributed by atoms with Crippen molar-refractivity contribution in [3.63, 3.8) is 0 Å². The second-order valence-corrected chi connectivity index (χ2v) is 8.76. The van der Waals surface area contributed by atoms with E-state index >= 15 is 0 Å². The molecule has 156 valence electrons. The highest BCUT2D eigenvalue weighted by Gasteiger charge is 2.25. The van der Waals surface area contributed by atoms with Crippen molar-refractivity contribution in [3.8, 4) is 0 Å². The molecule has 0 spiro atoms. The first kappa shape index (κ1) is 23.0. The Kier molecular flexibility index (Phi) is 7.86. The maximum atomic E-state index is 13.0. The molecule has 0 radical (unpaired) electrons. The van der Waals surface area contributed by atoms with Gasteiger partial charge in [-0.15, -0.1) is 0 Å². The van der Waals surface area contributed by atoms with Gasteiger partial charge < -0.3 is 10.2 Å². The van der Waals surface area contributed by atoms with Crippen LogP contribution in [0.25, 0.3) is 0 Å². The summed E-state index contributed by atoms with van der Waals surface area (Å²) in [7, 11) is 1.58. The number of likely N-dealkylation sites (N-methyl/N-ethyl adjacent to an activating group) is 1. The molecule has 0 fully saturated rings. The summed E-state index contributed by atoms with van der Waals surface area (Å²) in [6.07, 6.45) is 0.962. The minimum absolute atomic E-state index is 0.0686. The summed E-state index contributed by atoms with van der Waals surface area (Å²) in [5.74, 6) is -0.263. The van der Waals surface area contributed by atoms with Gasteiger partial charge in [-0.2, -0.15) is 0 Å². The summed E-state index contributed by atoms with van der Waals surface area (Å²) in [4.78, 5) is 26.8. The molecule has 2 aromatic carbocycles. The van der Waals surface area contributed by atoms with E-state index in [4.69, 9.17) is 11.6 Å². The lowest BCUT2D eigenvalue weighted by Crippen LogP contribution is -2.46. The fraction of sp³-hybridized carbons (Fsp3) is 0.417. The number of carbonyl (C=O) groups excluding carboxylic acids is 2. The lowest BCUT2D eigenvalue weighted by Gasteiger charge is -2.29. The molecule has 2 rings (SSSR count). The SMILES string of the molecule is CNC(=O)[C@H](C)N(Cc1ccccc1Cl)C(=O)CCc1ccc(C(C)(C)C)cc1. The van der Waals surface area contributed by atoms with Crippen LogP contribution in [0.2, 0.25) is 5.02 Å². The fourth-order valence-corrected chi connectivity index (χ4v) is 3.36. The highest BCUT2D eigenvalue weighted by atomic mass is 35.5. The van der Waals surface area contributed by atoms with Gasteiger partial charge >= 0.3 is 0 Å². The molecule has 0 heterocycles. The van der Waals surface area contributed by atoms with Gasteiger partial charge in [0.1, 0.15) is 6.04 Å². The zero-order valence-electron chi connectivity index (χ0n) is 18.0. The molecule has 0 aliphatic carbocycles. The first-order valence-electron chi connectivity index (χ1n) is 9.97. The number of hydrogen-bond acceptors (Lipinski definition) is 2. The molecule has 0 aromatic heterocycles. The van der Waals surface area contributed by atoms with Gasteiger partial charge in [0.2, 0.25) is 11.8 Å². The molecule has 0 aliphatic rings. The topological polar surface area (TPSA) is 49.4 Å². The molecular weight excluding hydrogens is 384 g/mol. The summed E-state index contributed by atoms with van der Waals surface area (Å²) in [5.41, 5.74) is 3.30. The third-order valence-corrected chi connectivity index (χ3v) is 5.53. The van der Waals surface area contributed by atoms with Crippen LogP contribution in [-0.2, 0) is 28.0 Å². The molecule has 5 heteroatoms. The Balaban J connectivity index is 2.12. The van der Waals surface area contributed by atoms with E-state index in [1.54, 1.807) is 24.9 Å². The Morgan fingerprint density at radius 3 is 2.24 bits per heavy atom. The number of nitrogens with zero attached hydrogens (tertiary/aromatic N) is 1. The number of halogens is 1. The Morgan fingerprint density at radius 1 is 1.07 bits per heavy atom. The number of aryl methyl sites for hydroxylation is 1. The first-order valence-corrected chi connectivity index (χ1v) is 10.3. The third-order valence-electron chi connectivity index (χ3n) is 5.16. The first-order chi connectivity index (χ1) is 13.6. The van der Waals surface area contributed by atoms with Crippen LogP contribution in [0.4, 0.5) is 0 Å². The van der Waals surface area contributed by atoms with Crippen LogP contribution in [0, 0.1) is 0 Å². The molecular formula is C24H31ClN2O2. The summed E-state index contributed by atoms with van der Waals surface area (Å²) >= 11 is 6.28. The normalized spacial score (nSPS) is 12.3. The van der Waals surface area contributed by atoms with Crippen LogP contribution in [0.3, 0.4) is 0 Å². The Labute approximate surface area is 179 Å². The molecule has 0 bridgehead atoms. The maximum Gasteiger partial charge on any atom is 0.242 e. The average molecular weight is 415 g/mol. The summed E-state index contributed by atoms with van der Waals surface area (Å²) < 4.78 is 0. The quantitative estimate of drug-likeness (QED) is 0.711. The highest BCUT2D eigenvalue weighted by molar-refractivity contribution is 6.31. The van der Waals surface area contributed by atoms with E-state index in [9.17, 15) is 9.59 Å². The number of amides is 2. The summed E-state index contributed by atoms with van der Waals surface area (Å²) in [6, 6.07) is 15.2. The van der Waals surface area contributed by atoms with Crippen molar-refractivity contribution in [2.24, 2.45) is 0 Å². The molecule has 1 atom stereocenters. The van der Waals surface area contributed by atoms with Gasteiger partial charge in [-0.3, -0.25) is 9.59 Å². The van der Waals surface area contributed by atoms with Crippen molar-refractivity contribution in [1.82, 2.24) is 10.2 Å². The molecule has 0 unspecified atom stereocenters. The lowest BCUT2D eigenvalue weighted by atomic mass is 9.86. The molecule has 2 aromatic rings. The monoisotopic (exact) mass is 414 g/mol. The number of rotatable bonds is 7. The van der Waals surface area contributed by atoms with E-state index in [2.05, 4.69) is 50.4 Å². The van der Waals surface area contributed by atoms with Crippen molar-refractivity contribution in [1.29, 1.82) is 0 Å². The zero-order chi connectivity index (χ0) is 21.6. The van der Waals surface area contributed by atoms with Crippen LogP contribution in [0.15, 0.2) is 48.5 Å². The molecule has 0 saturated carbocycles. The number of benzene rings is 2. The smallest absolute Gasteiger partial charge is 0.242 e. The van der Waals surface area contributed by atoms with Crippen LogP contribution >= 0.6 is 11.6 Å². The van der Waals surface area contributed by atoms with Gasteiger partial charge in [0, 0.05) is 25.0 Å². The van der Waals surface area contributed by atoms with E-state index in [1.807, 2.05) is 18.2 Å². The Hall–Kier alpha value is -2.33. The highest BCUT2D eigenvalue weighted by Crippen LogP contribution is 2.23. The minimum Gasteiger partial charge on any atom is -0.357 e. The predicted molar refractivity (Wildman–Crippen MR) is 119 cm³/mol. The van der Waals surface area contributed by atoms with E-state index in [1.165, 1.54) is 5.56 Å². The number of nitrogens with one attached hydrogen (secondary N) is 1. The number of carbonyl (C=O) groups is 2. The van der Waals surface area contributed by atoms with E-state index in [-0.39, 0.29) is 17.2 Å². The van der Waals surface area contributed by atoms with Crippen molar-refractivity contribution in [3.05, 3.63) is 70.2 Å². The van der Waals surface area contributed by atoms with Crippen molar-refractivity contribution >= 4 is 23.4 Å². The van der Waals surface area contributed by atoms with E-state index < -0.39 is 6.04 Å².